The SMILES string of the molecule is c1ccc(-c2ccc(-c3ccc(N(c4ccc(-c5ccccc5)cc4)c4ccc(-c5ccccc5)cc4)c4c3oc3c5ccccc5c(-c5ccccc5)cc34)cc2)cc1. The Labute approximate surface area is 349 Å². The fourth-order valence-electron chi connectivity index (χ4n) is 8.72. The molecule has 1 heterocycles. The smallest absolute Gasteiger partial charge is 0.145 e. The van der Waals surface area contributed by atoms with Gasteiger partial charge in [0.05, 0.1) is 11.1 Å². The van der Waals surface area contributed by atoms with E-state index in [1.165, 1.54) is 44.5 Å². The molecule has 0 saturated heterocycles. The Hall–Kier alpha value is -7.94. The summed E-state index contributed by atoms with van der Waals surface area (Å²) < 4.78 is 7.25. The van der Waals surface area contributed by atoms with E-state index in [-0.39, 0.29) is 0 Å². The highest BCUT2D eigenvalue weighted by molar-refractivity contribution is 6.24. The van der Waals surface area contributed by atoms with Crippen molar-refractivity contribution in [3.63, 3.8) is 0 Å². The molecule has 60 heavy (non-hydrogen) atoms. The average molecular weight is 766 g/mol. The Balaban J connectivity index is 1.18. The maximum atomic E-state index is 7.25. The number of benzene rings is 10. The number of nitrogens with zero attached hydrogens (tertiary/aromatic N) is 1. The molecule has 0 aliphatic heterocycles. The second kappa shape index (κ2) is 15.1. The van der Waals surface area contributed by atoms with Gasteiger partial charge in [-0.3, -0.25) is 0 Å². The first-order valence-corrected chi connectivity index (χ1v) is 20.5. The Kier molecular flexibility index (Phi) is 8.87. The van der Waals surface area contributed by atoms with Crippen molar-refractivity contribution in [2.45, 2.75) is 0 Å². The zero-order valence-electron chi connectivity index (χ0n) is 32.9. The molecule has 282 valence electrons. The molecule has 0 spiro atoms. The topological polar surface area (TPSA) is 16.4 Å². The summed E-state index contributed by atoms with van der Waals surface area (Å²) in [4.78, 5) is 2.39. The second-order valence-corrected chi connectivity index (χ2v) is 15.3. The molecule has 2 nitrogen and oxygen atoms in total. The monoisotopic (exact) mass is 765 g/mol. The molecule has 0 amide bonds. The van der Waals surface area contributed by atoms with Gasteiger partial charge in [0.25, 0.3) is 0 Å². The molecule has 11 rings (SSSR count). The fourth-order valence-corrected chi connectivity index (χ4v) is 8.72. The van der Waals surface area contributed by atoms with Gasteiger partial charge in [-0.2, -0.15) is 0 Å². The van der Waals surface area contributed by atoms with E-state index in [1.807, 2.05) is 0 Å². The van der Waals surface area contributed by atoms with Crippen molar-refractivity contribution in [3.8, 4) is 55.6 Å². The predicted octanol–water partition coefficient (Wildman–Crippen LogP) is 16.5. The van der Waals surface area contributed by atoms with Crippen molar-refractivity contribution in [1.29, 1.82) is 0 Å². The quantitative estimate of drug-likeness (QED) is 0.153. The van der Waals surface area contributed by atoms with Crippen LogP contribution in [0.2, 0.25) is 0 Å². The van der Waals surface area contributed by atoms with E-state index in [9.17, 15) is 0 Å². The largest absolute Gasteiger partial charge is 0.455 e. The molecule has 0 atom stereocenters. The number of anilines is 3. The van der Waals surface area contributed by atoms with E-state index in [0.29, 0.717) is 0 Å². The number of hydrogen-bond acceptors (Lipinski definition) is 2. The Bertz CT molecular complexity index is 3160. The minimum atomic E-state index is 0.858. The van der Waals surface area contributed by atoms with Crippen LogP contribution in [0.5, 0.6) is 0 Å². The van der Waals surface area contributed by atoms with Gasteiger partial charge in [-0.1, -0.05) is 194 Å². The third-order valence-electron chi connectivity index (χ3n) is 11.7. The van der Waals surface area contributed by atoms with Crippen LogP contribution in [-0.2, 0) is 0 Å². The molecule has 0 unspecified atom stereocenters. The van der Waals surface area contributed by atoms with Crippen LogP contribution in [0, 0.1) is 0 Å². The van der Waals surface area contributed by atoms with Crippen LogP contribution < -0.4 is 4.90 Å². The van der Waals surface area contributed by atoms with Gasteiger partial charge >= 0.3 is 0 Å². The van der Waals surface area contributed by atoms with Gasteiger partial charge in [0.1, 0.15) is 11.2 Å². The second-order valence-electron chi connectivity index (χ2n) is 15.3. The van der Waals surface area contributed by atoms with Crippen LogP contribution in [-0.4, -0.2) is 0 Å². The maximum absolute atomic E-state index is 7.25. The van der Waals surface area contributed by atoms with Crippen LogP contribution in [0.25, 0.3) is 88.3 Å². The summed E-state index contributed by atoms with van der Waals surface area (Å²) in [5, 5.41) is 4.40. The van der Waals surface area contributed by atoms with Crippen molar-refractivity contribution < 1.29 is 4.42 Å². The van der Waals surface area contributed by atoms with E-state index in [4.69, 9.17) is 4.42 Å². The molecule has 0 aliphatic rings. The van der Waals surface area contributed by atoms with Crippen molar-refractivity contribution in [3.05, 3.63) is 237 Å². The molecule has 11 aromatic rings. The Morgan fingerprint density at radius 1 is 0.267 bits per heavy atom. The summed E-state index contributed by atoms with van der Waals surface area (Å²) in [7, 11) is 0. The average Bonchev–Trinajstić information content (AvgIpc) is 3.73. The first kappa shape index (κ1) is 35.2. The summed E-state index contributed by atoms with van der Waals surface area (Å²) >= 11 is 0. The summed E-state index contributed by atoms with van der Waals surface area (Å²) in [6, 6.07) is 84.6. The molecule has 10 aromatic carbocycles. The van der Waals surface area contributed by atoms with Gasteiger partial charge in [0.2, 0.25) is 0 Å². The zero-order chi connectivity index (χ0) is 39.8. The third kappa shape index (κ3) is 6.32. The van der Waals surface area contributed by atoms with Crippen molar-refractivity contribution in [2.24, 2.45) is 0 Å². The predicted molar refractivity (Wildman–Crippen MR) is 253 cm³/mol. The van der Waals surface area contributed by atoms with Crippen LogP contribution in [0.3, 0.4) is 0 Å². The summed E-state index contributed by atoms with van der Waals surface area (Å²) in [6.45, 7) is 0. The molecule has 1 aromatic heterocycles. The lowest BCUT2D eigenvalue weighted by molar-refractivity contribution is 0.674. The van der Waals surface area contributed by atoms with Crippen molar-refractivity contribution in [1.82, 2.24) is 0 Å². The number of fused-ring (bicyclic) bond motifs is 5. The minimum absolute atomic E-state index is 0.858. The summed E-state index contributed by atoms with van der Waals surface area (Å²) in [5.74, 6) is 0. The fraction of sp³-hybridized carbons (Fsp3) is 0. The summed E-state index contributed by atoms with van der Waals surface area (Å²) in [6.07, 6.45) is 0. The van der Waals surface area contributed by atoms with Crippen LogP contribution in [0.1, 0.15) is 0 Å². The first-order chi connectivity index (χ1) is 29.8. The van der Waals surface area contributed by atoms with E-state index < -0.39 is 0 Å². The lowest BCUT2D eigenvalue weighted by Gasteiger charge is -2.27. The standard InChI is InChI=1S/C58H39NO/c1-5-15-40(16-6-1)43-25-27-47(28-26-43)50-37-38-55(56-54-39-53(46-21-11-4-12-22-46)51-23-13-14-24-52(51)57(54)60-58(50)56)59(48-33-29-44(30-34-48)41-17-7-2-8-18-41)49-35-31-45(32-36-49)42-19-9-3-10-20-42/h1-39H. The molecule has 0 saturated carbocycles. The molecule has 0 radical (unpaired) electrons. The van der Waals surface area contributed by atoms with Crippen LogP contribution in [0.15, 0.2) is 241 Å². The maximum Gasteiger partial charge on any atom is 0.145 e. The highest BCUT2D eigenvalue weighted by Crippen LogP contribution is 2.49. The van der Waals surface area contributed by atoms with Gasteiger partial charge < -0.3 is 9.32 Å². The Morgan fingerprint density at radius 2 is 0.650 bits per heavy atom. The number of furan rings is 1. The van der Waals surface area contributed by atoms with E-state index in [1.54, 1.807) is 0 Å². The minimum Gasteiger partial charge on any atom is -0.455 e. The van der Waals surface area contributed by atoms with Gasteiger partial charge in [0, 0.05) is 27.7 Å². The highest BCUT2D eigenvalue weighted by atomic mass is 16.3. The lowest BCUT2D eigenvalue weighted by Crippen LogP contribution is -2.10. The highest BCUT2D eigenvalue weighted by Gasteiger charge is 2.24. The summed E-state index contributed by atoms with van der Waals surface area (Å²) in [5.41, 5.74) is 16.5. The van der Waals surface area contributed by atoms with Gasteiger partial charge in [0.15, 0.2) is 0 Å². The van der Waals surface area contributed by atoms with Gasteiger partial charge in [-0.25, -0.2) is 0 Å². The normalized spacial score (nSPS) is 11.3. The first-order valence-electron chi connectivity index (χ1n) is 20.5. The number of hydrogen-bond donors (Lipinski definition) is 0. The van der Waals surface area contributed by atoms with E-state index in [0.717, 1.165) is 60.9 Å². The lowest BCUT2D eigenvalue weighted by atomic mass is 9.93. The van der Waals surface area contributed by atoms with Crippen LogP contribution >= 0.6 is 0 Å². The van der Waals surface area contributed by atoms with Gasteiger partial charge in [-0.15, -0.1) is 0 Å². The number of rotatable bonds is 8. The zero-order valence-corrected chi connectivity index (χ0v) is 32.9. The molecule has 0 aliphatic carbocycles. The van der Waals surface area contributed by atoms with E-state index >= 15 is 0 Å². The molecule has 0 bridgehead atoms. The van der Waals surface area contributed by atoms with E-state index in [2.05, 4.69) is 241 Å². The van der Waals surface area contributed by atoms with Crippen molar-refractivity contribution in [2.75, 3.05) is 4.90 Å². The molecular formula is C58H39NO. The molecule has 0 fully saturated rings. The molecule has 0 N–H and O–H groups in total. The van der Waals surface area contributed by atoms with Crippen LogP contribution in [0.4, 0.5) is 17.1 Å². The third-order valence-corrected chi connectivity index (χ3v) is 11.7. The Morgan fingerprint density at radius 3 is 1.15 bits per heavy atom. The van der Waals surface area contributed by atoms with Crippen molar-refractivity contribution >= 4 is 49.8 Å². The molecule has 2 heteroatoms. The van der Waals surface area contributed by atoms with Gasteiger partial charge in [-0.05, 0) is 97.9 Å². The molecular weight excluding hydrogens is 727 g/mol.